The molecule has 0 atom stereocenters. The van der Waals surface area contributed by atoms with Gasteiger partial charge in [0.1, 0.15) is 11.5 Å². The minimum Gasteiger partial charge on any atom is -0.445 e. The highest BCUT2D eigenvalue weighted by Gasteiger charge is 2.39. The van der Waals surface area contributed by atoms with Crippen LogP contribution in [0, 0.1) is 6.92 Å². The van der Waals surface area contributed by atoms with Crippen molar-refractivity contribution in [3.8, 4) is 0 Å². The molecule has 0 spiro atoms. The molecule has 1 saturated heterocycles. The van der Waals surface area contributed by atoms with Crippen molar-refractivity contribution in [1.29, 1.82) is 0 Å². The molecular formula is C22H34N4O5S. The van der Waals surface area contributed by atoms with Crippen LogP contribution in [0.5, 0.6) is 0 Å². The molecule has 178 valence electrons. The maximum Gasteiger partial charge on any atom is 0.211 e. The van der Waals surface area contributed by atoms with Gasteiger partial charge < -0.3 is 8.94 Å². The van der Waals surface area contributed by atoms with Gasteiger partial charge in [0.2, 0.25) is 10.0 Å². The van der Waals surface area contributed by atoms with E-state index >= 15 is 0 Å². The van der Waals surface area contributed by atoms with Gasteiger partial charge in [0, 0.05) is 32.1 Å². The van der Waals surface area contributed by atoms with Crippen LogP contribution in [0.4, 0.5) is 0 Å². The number of Topliss-reactive ketones (excluding diaryl/α,β-unsaturated/α-hetero) is 1. The summed E-state index contributed by atoms with van der Waals surface area (Å²) in [6.07, 6.45) is 4.43. The van der Waals surface area contributed by atoms with Gasteiger partial charge in [-0.05, 0) is 47.6 Å². The fourth-order valence-electron chi connectivity index (χ4n) is 4.06. The minimum absolute atomic E-state index is 0.0153. The predicted octanol–water partition coefficient (Wildman–Crippen LogP) is 2.54. The van der Waals surface area contributed by atoms with Crippen LogP contribution in [-0.4, -0.2) is 71.5 Å². The Morgan fingerprint density at radius 1 is 1.25 bits per heavy atom. The van der Waals surface area contributed by atoms with Crippen LogP contribution in [0.1, 0.15) is 63.6 Å². The highest BCUT2D eigenvalue weighted by Crippen LogP contribution is 2.32. The Hall–Kier alpha value is -2.04. The molecule has 0 amide bonds. The fourth-order valence-corrected chi connectivity index (χ4v) is 4.93. The summed E-state index contributed by atoms with van der Waals surface area (Å²) in [4.78, 5) is 19.4. The number of aromatic nitrogens is 2. The molecule has 10 heteroatoms. The van der Waals surface area contributed by atoms with Crippen LogP contribution in [0.15, 0.2) is 21.2 Å². The zero-order valence-electron chi connectivity index (χ0n) is 20.0. The molecule has 0 aromatic carbocycles. The van der Waals surface area contributed by atoms with E-state index < -0.39 is 21.0 Å². The maximum absolute atomic E-state index is 13.2. The highest BCUT2D eigenvalue weighted by molar-refractivity contribution is 7.88. The predicted molar refractivity (Wildman–Crippen MR) is 120 cm³/mol. The van der Waals surface area contributed by atoms with Gasteiger partial charge in [-0.3, -0.25) is 9.69 Å². The van der Waals surface area contributed by atoms with Crippen molar-refractivity contribution >= 4 is 15.8 Å². The molecule has 0 aliphatic carbocycles. The van der Waals surface area contributed by atoms with E-state index in [1.165, 1.54) is 10.6 Å². The van der Waals surface area contributed by atoms with Gasteiger partial charge in [-0.15, -0.1) is 0 Å². The summed E-state index contributed by atoms with van der Waals surface area (Å²) >= 11 is 0. The lowest BCUT2D eigenvalue weighted by Crippen LogP contribution is -2.56. The Balaban J connectivity index is 1.66. The third kappa shape index (κ3) is 4.97. The van der Waals surface area contributed by atoms with E-state index in [9.17, 15) is 13.2 Å². The van der Waals surface area contributed by atoms with E-state index in [0.717, 1.165) is 0 Å². The first-order valence-electron chi connectivity index (χ1n) is 10.8. The number of nitrogens with zero attached hydrogens (tertiary/aromatic N) is 4. The van der Waals surface area contributed by atoms with Crippen LogP contribution in [-0.2, 0) is 26.7 Å². The van der Waals surface area contributed by atoms with Gasteiger partial charge in [0.25, 0.3) is 0 Å². The molecule has 1 aliphatic heterocycles. The standard InChI is InChI=1S/C22H34N4O5S/c1-15-23-14-20(30-15)21(2,3)18-12-17(31-24-18)13-19(27)22(4,5)25(6)16-8-10-26(11-9-16)32(7,28)29/h12,14,16H,8-11,13H2,1-7H3. The molecular weight excluding hydrogens is 432 g/mol. The molecule has 0 N–H and O–H groups in total. The summed E-state index contributed by atoms with van der Waals surface area (Å²) < 4.78 is 36.2. The van der Waals surface area contributed by atoms with Crippen LogP contribution in [0.2, 0.25) is 0 Å². The molecule has 2 aromatic rings. The SMILES string of the molecule is Cc1ncc(C(C)(C)c2cc(CC(=O)C(C)(C)N(C)C3CCN(S(C)(=O)=O)CC3)on2)o1. The number of aryl methyl sites for hydroxylation is 1. The number of carbonyl (C=O) groups is 1. The summed E-state index contributed by atoms with van der Waals surface area (Å²) in [5, 5.41) is 4.18. The van der Waals surface area contributed by atoms with E-state index in [-0.39, 0.29) is 18.2 Å². The zero-order valence-corrected chi connectivity index (χ0v) is 20.8. The average molecular weight is 467 g/mol. The number of carbonyl (C=O) groups excluding carboxylic acids is 1. The lowest BCUT2D eigenvalue weighted by Gasteiger charge is -2.43. The van der Waals surface area contributed by atoms with Crippen LogP contribution in [0.3, 0.4) is 0 Å². The molecule has 1 aliphatic rings. The second-order valence-corrected chi connectivity index (χ2v) is 11.7. The van der Waals surface area contributed by atoms with Crippen molar-refractivity contribution in [2.75, 3.05) is 26.4 Å². The Morgan fingerprint density at radius 3 is 2.41 bits per heavy atom. The Kier molecular flexibility index (Phi) is 6.70. The summed E-state index contributed by atoms with van der Waals surface area (Å²) in [6, 6.07) is 1.93. The maximum atomic E-state index is 13.2. The molecule has 1 fully saturated rings. The number of rotatable bonds is 8. The fraction of sp³-hybridized carbons (Fsp3) is 0.682. The summed E-state index contributed by atoms with van der Waals surface area (Å²) in [5.74, 6) is 1.78. The normalized spacial score (nSPS) is 17.2. The molecule has 3 heterocycles. The zero-order chi connectivity index (χ0) is 23.9. The number of likely N-dealkylation sites (N-methyl/N-ethyl adjacent to an activating group) is 1. The van der Waals surface area contributed by atoms with Crippen molar-refractivity contribution in [1.82, 2.24) is 19.3 Å². The number of sulfonamides is 1. The smallest absolute Gasteiger partial charge is 0.211 e. The minimum atomic E-state index is -3.18. The van der Waals surface area contributed by atoms with E-state index in [4.69, 9.17) is 8.94 Å². The largest absolute Gasteiger partial charge is 0.445 e. The van der Waals surface area contributed by atoms with E-state index in [0.29, 0.717) is 49.0 Å². The van der Waals surface area contributed by atoms with Crippen LogP contribution >= 0.6 is 0 Å². The number of hydrogen-bond acceptors (Lipinski definition) is 8. The van der Waals surface area contributed by atoms with Crippen LogP contribution in [0.25, 0.3) is 0 Å². The lowest BCUT2D eigenvalue weighted by molar-refractivity contribution is -0.130. The first-order chi connectivity index (χ1) is 14.7. The second kappa shape index (κ2) is 8.72. The van der Waals surface area contributed by atoms with Crippen molar-refractivity contribution in [3.63, 3.8) is 0 Å². The molecule has 3 rings (SSSR count). The van der Waals surface area contributed by atoms with E-state index in [1.807, 2.05) is 34.7 Å². The molecule has 0 radical (unpaired) electrons. The number of ketones is 1. The molecule has 32 heavy (non-hydrogen) atoms. The molecule has 0 unspecified atom stereocenters. The van der Waals surface area contributed by atoms with Crippen molar-refractivity contribution < 1.29 is 22.2 Å². The third-order valence-corrected chi connectivity index (χ3v) is 8.08. The molecule has 9 nitrogen and oxygen atoms in total. The molecule has 2 aromatic heterocycles. The van der Waals surface area contributed by atoms with Gasteiger partial charge in [-0.1, -0.05) is 5.16 Å². The Morgan fingerprint density at radius 2 is 1.88 bits per heavy atom. The van der Waals surface area contributed by atoms with E-state index in [2.05, 4.69) is 15.0 Å². The van der Waals surface area contributed by atoms with Crippen LogP contribution < -0.4 is 0 Å². The second-order valence-electron chi connectivity index (χ2n) is 9.71. The van der Waals surface area contributed by atoms with Gasteiger partial charge >= 0.3 is 0 Å². The first-order valence-corrected chi connectivity index (χ1v) is 12.7. The summed E-state index contributed by atoms with van der Waals surface area (Å²) in [6.45, 7) is 10.5. The topological polar surface area (TPSA) is 110 Å². The number of piperidine rings is 1. The molecule has 0 bridgehead atoms. The molecule has 0 saturated carbocycles. The summed E-state index contributed by atoms with van der Waals surface area (Å²) in [5.41, 5.74) is -0.593. The van der Waals surface area contributed by atoms with Gasteiger partial charge in [0.05, 0.1) is 35.5 Å². The first kappa shape index (κ1) is 24.6. The van der Waals surface area contributed by atoms with Crippen molar-refractivity contribution in [2.24, 2.45) is 0 Å². The number of oxazole rings is 1. The quantitative estimate of drug-likeness (QED) is 0.584. The van der Waals surface area contributed by atoms with Gasteiger partial charge in [0.15, 0.2) is 11.7 Å². The Bertz CT molecular complexity index is 1060. The average Bonchev–Trinajstić information content (AvgIpc) is 3.36. The summed E-state index contributed by atoms with van der Waals surface area (Å²) in [7, 11) is -1.25. The third-order valence-electron chi connectivity index (χ3n) is 6.78. The lowest BCUT2D eigenvalue weighted by atomic mass is 9.86. The monoisotopic (exact) mass is 466 g/mol. The van der Waals surface area contributed by atoms with E-state index in [1.54, 1.807) is 19.2 Å². The van der Waals surface area contributed by atoms with Crippen molar-refractivity contribution in [2.45, 2.75) is 70.9 Å². The van der Waals surface area contributed by atoms with Gasteiger partial charge in [-0.25, -0.2) is 17.7 Å². The number of hydrogen-bond donors (Lipinski definition) is 0. The van der Waals surface area contributed by atoms with Gasteiger partial charge in [-0.2, -0.15) is 0 Å². The highest BCUT2D eigenvalue weighted by atomic mass is 32.2. The van der Waals surface area contributed by atoms with Crippen molar-refractivity contribution in [3.05, 3.63) is 35.4 Å². The Labute approximate surface area is 190 Å².